The van der Waals surface area contributed by atoms with Crippen molar-refractivity contribution in [3.8, 4) is 0 Å². The summed E-state index contributed by atoms with van der Waals surface area (Å²) in [6.07, 6.45) is 1.08. The lowest BCUT2D eigenvalue weighted by molar-refractivity contribution is 0.667. The molecule has 2 N–H and O–H groups in total. The second-order valence-corrected chi connectivity index (χ2v) is 6.37. The summed E-state index contributed by atoms with van der Waals surface area (Å²) in [6, 6.07) is 14.5. The van der Waals surface area contributed by atoms with Crippen LogP contribution < -0.4 is 10.6 Å². The Balaban J connectivity index is 1.40. The smallest absolute Gasteiger partial charge is 0.126 e. The molecule has 0 amide bonds. The van der Waals surface area contributed by atoms with Gasteiger partial charge in [-0.05, 0) is 55.1 Å². The Morgan fingerprint density at radius 2 is 1.95 bits per heavy atom. The molecule has 0 bridgehead atoms. The van der Waals surface area contributed by atoms with Crippen molar-refractivity contribution in [3.05, 3.63) is 58.3 Å². The number of fused-ring (bicyclic) bond motifs is 1. The van der Waals surface area contributed by atoms with Crippen molar-refractivity contribution >= 4 is 28.1 Å². The highest BCUT2D eigenvalue weighted by atomic mass is 32.1. The molecular weight excluding hydrogens is 290 g/mol. The van der Waals surface area contributed by atoms with Gasteiger partial charge in [-0.1, -0.05) is 18.2 Å². The molecule has 0 aliphatic carbocycles. The van der Waals surface area contributed by atoms with Crippen molar-refractivity contribution < 1.29 is 0 Å². The molecule has 2 aromatic heterocycles. The first kappa shape index (κ1) is 15.0. The van der Waals surface area contributed by atoms with E-state index in [-0.39, 0.29) is 0 Å². The van der Waals surface area contributed by atoms with Gasteiger partial charge < -0.3 is 10.6 Å². The third-order valence-electron chi connectivity index (χ3n) is 3.69. The highest BCUT2D eigenvalue weighted by Gasteiger charge is 1.99. The third kappa shape index (κ3) is 3.84. The third-order valence-corrected chi connectivity index (χ3v) is 4.71. The molecule has 0 saturated heterocycles. The monoisotopic (exact) mass is 311 g/mol. The molecule has 2 heterocycles. The number of rotatable bonds is 7. The number of anilines is 1. The molecule has 3 nitrogen and oxygen atoms in total. The Bertz CT molecular complexity index is 736. The van der Waals surface area contributed by atoms with Crippen molar-refractivity contribution in [2.75, 3.05) is 18.4 Å². The minimum atomic E-state index is 0.932. The summed E-state index contributed by atoms with van der Waals surface area (Å²) in [4.78, 5) is 6.05. The van der Waals surface area contributed by atoms with Crippen LogP contribution in [0.25, 0.3) is 10.9 Å². The number of pyridine rings is 1. The largest absolute Gasteiger partial charge is 0.370 e. The summed E-state index contributed by atoms with van der Waals surface area (Å²) in [7, 11) is 0. The number of thiophene rings is 1. The normalized spacial score (nSPS) is 11.0. The van der Waals surface area contributed by atoms with Crippen LogP contribution in [0.5, 0.6) is 0 Å². The maximum Gasteiger partial charge on any atom is 0.126 e. The predicted octanol–water partition coefficient (Wildman–Crippen LogP) is 4.20. The summed E-state index contributed by atoms with van der Waals surface area (Å²) in [6.45, 7) is 5.08. The Morgan fingerprint density at radius 3 is 2.82 bits per heavy atom. The van der Waals surface area contributed by atoms with Gasteiger partial charge in [0.15, 0.2) is 0 Å². The van der Waals surface area contributed by atoms with Crippen LogP contribution in [-0.4, -0.2) is 18.1 Å². The van der Waals surface area contributed by atoms with Crippen LogP contribution in [0, 0.1) is 6.92 Å². The number of para-hydroxylation sites is 1. The minimum absolute atomic E-state index is 0.932. The van der Waals surface area contributed by atoms with Crippen LogP contribution >= 0.6 is 11.3 Å². The van der Waals surface area contributed by atoms with Gasteiger partial charge >= 0.3 is 0 Å². The number of aryl methyl sites for hydroxylation is 1. The Kier molecular flexibility index (Phi) is 5.03. The van der Waals surface area contributed by atoms with Crippen molar-refractivity contribution in [1.82, 2.24) is 10.3 Å². The number of nitrogens with zero attached hydrogens (tertiary/aromatic N) is 1. The standard InChI is InChI=1S/C18H21N3S/c1-14-9-12-22-17(14)13-19-10-4-11-20-18-8-7-15-5-2-3-6-16(15)21-18/h2-3,5-9,12,19H,4,10-11,13H2,1H3,(H,20,21). The topological polar surface area (TPSA) is 37.0 Å². The van der Waals surface area contributed by atoms with Crippen LogP contribution in [-0.2, 0) is 6.54 Å². The molecule has 1 aromatic carbocycles. The van der Waals surface area contributed by atoms with Gasteiger partial charge in [0.25, 0.3) is 0 Å². The lowest BCUT2D eigenvalue weighted by atomic mass is 10.2. The van der Waals surface area contributed by atoms with E-state index >= 15 is 0 Å². The van der Waals surface area contributed by atoms with E-state index in [0.717, 1.165) is 37.4 Å². The van der Waals surface area contributed by atoms with Gasteiger partial charge in [-0.2, -0.15) is 0 Å². The van der Waals surface area contributed by atoms with Gasteiger partial charge in [-0.25, -0.2) is 4.98 Å². The molecular formula is C18H21N3S. The summed E-state index contributed by atoms with van der Waals surface area (Å²) in [5.41, 5.74) is 2.43. The maximum atomic E-state index is 4.62. The van der Waals surface area contributed by atoms with E-state index in [0.29, 0.717) is 0 Å². The molecule has 22 heavy (non-hydrogen) atoms. The molecule has 0 aliphatic rings. The number of aromatic nitrogens is 1. The second kappa shape index (κ2) is 7.38. The zero-order chi connectivity index (χ0) is 15.2. The summed E-state index contributed by atoms with van der Waals surface area (Å²) >= 11 is 1.82. The lowest BCUT2D eigenvalue weighted by Crippen LogP contribution is -2.17. The van der Waals surface area contributed by atoms with Gasteiger partial charge in [-0.3, -0.25) is 0 Å². The average Bonchev–Trinajstić information content (AvgIpc) is 2.96. The summed E-state index contributed by atoms with van der Waals surface area (Å²) in [5.74, 6) is 0.952. The first-order chi connectivity index (χ1) is 10.8. The van der Waals surface area contributed by atoms with Crippen LogP contribution in [0.4, 0.5) is 5.82 Å². The highest BCUT2D eigenvalue weighted by molar-refractivity contribution is 7.10. The highest BCUT2D eigenvalue weighted by Crippen LogP contribution is 2.15. The lowest BCUT2D eigenvalue weighted by Gasteiger charge is -2.07. The van der Waals surface area contributed by atoms with E-state index in [2.05, 4.69) is 46.1 Å². The number of benzene rings is 1. The molecule has 4 heteroatoms. The molecule has 0 fully saturated rings. The van der Waals surface area contributed by atoms with Gasteiger partial charge in [0.05, 0.1) is 5.52 Å². The Morgan fingerprint density at radius 1 is 1.05 bits per heavy atom. The number of nitrogens with one attached hydrogen (secondary N) is 2. The van der Waals surface area contributed by atoms with Crippen LogP contribution in [0.15, 0.2) is 47.8 Å². The molecule has 0 unspecified atom stereocenters. The Labute approximate surface area is 135 Å². The van der Waals surface area contributed by atoms with Gasteiger partial charge in [-0.15, -0.1) is 11.3 Å². The molecule has 114 valence electrons. The van der Waals surface area contributed by atoms with Crippen molar-refractivity contribution in [1.29, 1.82) is 0 Å². The molecule has 0 aliphatic heterocycles. The van der Waals surface area contributed by atoms with Crippen molar-refractivity contribution in [2.45, 2.75) is 19.9 Å². The Hall–Kier alpha value is -1.91. The summed E-state index contributed by atoms with van der Waals surface area (Å²) in [5, 5.41) is 10.2. The van der Waals surface area contributed by atoms with E-state index in [4.69, 9.17) is 0 Å². The zero-order valence-corrected chi connectivity index (χ0v) is 13.6. The van der Waals surface area contributed by atoms with Crippen molar-refractivity contribution in [2.24, 2.45) is 0 Å². The number of hydrogen-bond donors (Lipinski definition) is 2. The van der Waals surface area contributed by atoms with Crippen LogP contribution in [0.1, 0.15) is 16.9 Å². The van der Waals surface area contributed by atoms with E-state index in [1.54, 1.807) is 0 Å². The molecule has 0 radical (unpaired) electrons. The van der Waals surface area contributed by atoms with Gasteiger partial charge in [0.1, 0.15) is 5.82 Å². The van der Waals surface area contributed by atoms with Gasteiger partial charge in [0, 0.05) is 23.4 Å². The molecule has 0 saturated carbocycles. The fourth-order valence-electron chi connectivity index (χ4n) is 2.38. The van der Waals surface area contributed by atoms with E-state index in [1.807, 2.05) is 35.6 Å². The van der Waals surface area contributed by atoms with Crippen LogP contribution in [0.2, 0.25) is 0 Å². The average molecular weight is 311 g/mol. The van der Waals surface area contributed by atoms with E-state index < -0.39 is 0 Å². The molecule has 0 atom stereocenters. The quantitative estimate of drug-likeness (QED) is 0.642. The maximum absolute atomic E-state index is 4.62. The summed E-state index contributed by atoms with van der Waals surface area (Å²) < 4.78 is 0. The molecule has 0 spiro atoms. The first-order valence-corrected chi connectivity index (χ1v) is 8.54. The fraction of sp³-hybridized carbons (Fsp3) is 0.278. The van der Waals surface area contributed by atoms with Gasteiger partial charge in [0.2, 0.25) is 0 Å². The number of hydrogen-bond acceptors (Lipinski definition) is 4. The first-order valence-electron chi connectivity index (χ1n) is 7.66. The predicted molar refractivity (Wildman–Crippen MR) is 95.6 cm³/mol. The van der Waals surface area contributed by atoms with Crippen molar-refractivity contribution in [3.63, 3.8) is 0 Å². The van der Waals surface area contributed by atoms with E-state index in [1.165, 1.54) is 15.8 Å². The zero-order valence-electron chi connectivity index (χ0n) is 12.8. The van der Waals surface area contributed by atoms with Crippen LogP contribution in [0.3, 0.4) is 0 Å². The molecule has 3 rings (SSSR count). The van der Waals surface area contributed by atoms with E-state index in [9.17, 15) is 0 Å². The molecule has 3 aromatic rings. The SMILES string of the molecule is Cc1ccsc1CNCCCNc1ccc2ccccc2n1. The minimum Gasteiger partial charge on any atom is -0.370 e. The second-order valence-electron chi connectivity index (χ2n) is 5.37. The fourth-order valence-corrected chi connectivity index (χ4v) is 3.26.